The fourth-order valence-corrected chi connectivity index (χ4v) is 9.18. The molecule has 5 atom stereocenters. The second-order valence-corrected chi connectivity index (χ2v) is 18.9. The molecule has 4 heterocycles. The van der Waals surface area contributed by atoms with Gasteiger partial charge in [-0.05, 0) is 62.1 Å². The maximum absolute atomic E-state index is 14.6. The van der Waals surface area contributed by atoms with E-state index in [1.165, 1.54) is 29.6 Å². The van der Waals surface area contributed by atoms with Gasteiger partial charge in [0.15, 0.2) is 7.29 Å². The van der Waals surface area contributed by atoms with Gasteiger partial charge in [0.1, 0.15) is 29.4 Å². The number of fused-ring (bicyclic) bond motifs is 3. The monoisotopic (exact) mass is 746 g/mol. The molecule has 2 aliphatic heterocycles. The lowest BCUT2D eigenvalue weighted by Crippen LogP contribution is -2.57. The van der Waals surface area contributed by atoms with Crippen LogP contribution in [-0.4, -0.2) is 82.1 Å². The van der Waals surface area contributed by atoms with Crippen LogP contribution in [0.1, 0.15) is 70.6 Å². The highest BCUT2D eigenvalue weighted by Gasteiger charge is 2.61. The molecule has 1 aromatic carbocycles. The lowest BCUT2D eigenvalue weighted by molar-refractivity contribution is -0.143. The van der Waals surface area contributed by atoms with E-state index in [4.69, 9.17) is 14.7 Å². The fraction of sp³-hybridized carbons (Fsp3) is 0.526. The zero-order valence-electron chi connectivity index (χ0n) is 29.7. The van der Waals surface area contributed by atoms with Crippen LogP contribution in [0, 0.1) is 11.8 Å². The highest BCUT2D eigenvalue weighted by atomic mass is 32.1. The van der Waals surface area contributed by atoms with Gasteiger partial charge in [0.2, 0.25) is 23.6 Å². The summed E-state index contributed by atoms with van der Waals surface area (Å²) in [6.07, 6.45) is 11.2. The number of nitrogens with one attached hydrogen (secondary N) is 3. The van der Waals surface area contributed by atoms with E-state index in [0.29, 0.717) is 35.4 Å². The lowest BCUT2D eigenvalue weighted by atomic mass is 10.0. The molecule has 0 spiro atoms. The van der Waals surface area contributed by atoms with Gasteiger partial charge in [-0.1, -0.05) is 56.0 Å². The number of ether oxygens (including phenoxy) is 1. The van der Waals surface area contributed by atoms with Crippen molar-refractivity contribution in [2.24, 2.45) is 11.8 Å². The highest BCUT2D eigenvalue weighted by Crippen LogP contribution is 2.47. The minimum Gasteiger partial charge on any atom is -0.471 e. The molecule has 2 saturated carbocycles. The Balaban J connectivity index is 1.21. The number of benzene rings is 1. The summed E-state index contributed by atoms with van der Waals surface area (Å²) in [6, 6.07) is 9.61. The predicted molar refractivity (Wildman–Crippen MR) is 200 cm³/mol. The van der Waals surface area contributed by atoms with Crippen LogP contribution in [0.15, 0.2) is 53.9 Å². The van der Waals surface area contributed by atoms with E-state index in [1.807, 2.05) is 53.9 Å². The Kier molecular flexibility index (Phi) is 10.5. The van der Waals surface area contributed by atoms with Gasteiger partial charge in [-0.25, -0.2) is 9.97 Å². The van der Waals surface area contributed by atoms with Crippen LogP contribution in [0.25, 0.3) is 21.6 Å². The molecule has 3 aromatic rings. The first-order chi connectivity index (χ1) is 25.0. The molecule has 1 unspecified atom stereocenters. The number of rotatable bonds is 7. The van der Waals surface area contributed by atoms with E-state index in [-0.39, 0.29) is 36.6 Å². The van der Waals surface area contributed by atoms with Gasteiger partial charge in [-0.15, -0.1) is 11.3 Å². The Morgan fingerprint density at radius 3 is 2.48 bits per heavy atom. The third-order valence-corrected chi connectivity index (χ3v) is 12.2. The Bertz CT molecular complexity index is 1910. The number of amides is 4. The molecule has 276 valence electrons. The van der Waals surface area contributed by atoms with Crippen LogP contribution in [-0.2, 0) is 23.7 Å². The van der Waals surface area contributed by atoms with E-state index in [0.717, 1.165) is 56.2 Å². The number of para-hydroxylation sites is 2. The molecule has 4 aliphatic rings. The van der Waals surface area contributed by atoms with E-state index >= 15 is 0 Å². The molecule has 0 radical (unpaired) electrons. The molecule has 2 aromatic heterocycles. The molecule has 3 N–H and O–H groups in total. The third kappa shape index (κ3) is 7.95. The topological polar surface area (TPSA) is 160 Å². The first-order valence-electron chi connectivity index (χ1n) is 18.5. The van der Waals surface area contributed by atoms with Gasteiger partial charge >= 0.3 is 0 Å². The van der Waals surface area contributed by atoms with Crippen LogP contribution in [0.4, 0.5) is 0 Å². The second-order valence-electron chi connectivity index (χ2n) is 15.0. The first-order valence-corrected chi connectivity index (χ1v) is 21.9. The van der Waals surface area contributed by atoms with E-state index in [2.05, 4.69) is 15.7 Å². The summed E-state index contributed by atoms with van der Waals surface area (Å²) in [5.41, 5.74) is 0.657. The Morgan fingerprint density at radius 1 is 1.00 bits per heavy atom. The molecular formula is C38H47N6O6PS. The summed E-state index contributed by atoms with van der Waals surface area (Å²) in [4.78, 5) is 68.1. The van der Waals surface area contributed by atoms with Gasteiger partial charge in [-0.3, -0.25) is 19.2 Å². The highest BCUT2D eigenvalue weighted by molar-refractivity contribution is 7.61. The number of nitrogens with zero attached hydrogens (tertiary/aromatic N) is 3. The molecule has 1 saturated heterocycles. The van der Waals surface area contributed by atoms with Crippen LogP contribution >= 0.6 is 18.6 Å². The normalized spacial score (nSPS) is 27.8. The molecular weight excluding hydrogens is 699 g/mol. The van der Waals surface area contributed by atoms with Crippen molar-refractivity contribution in [3.8, 4) is 16.5 Å². The fourth-order valence-electron chi connectivity index (χ4n) is 7.78. The third-order valence-electron chi connectivity index (χ3n) is 10.6. The smallest absolute Gasteiger partial charge is 0.251 e. The Morgan fingerprint density at radius 2 is 1.75 bits per heavy atom. The summed E-state index contributed by atoms with van der Waals surface area (Å²) in [5, 5.41) is 10.7. The van der Waals surface area contributed by atoms with Crippen molar-refractivity contribution in [2.45, 2.75) is 94.4 Å². The summed E-state index contributed by atoms with van der Waals surface area (Å²) < 4.78 is 19.3. The molecule has 2 aliphatic carbocycles. The SMILES string of the molecule is CP(C)(=O)NC(=O)[C@@]12CC1/C=C\CCCCC[C@H](NC(=O)C1CCCC1)C(=O)N1C[C@H](Oc3nc4ccccc4nc3-c3cccs3)C[C@H]1C(=O)N2. The van der Waals surface area contributed by atoms with Crippen molar-refractivity contribution in [3.05, 3.63) is 53.9 Å². The standard InChI is InChI=1S/C38H47N6O6PS/c1-51(2,49)43-37(48)38-22-25(38)15-6-4-3-5-7-18-29(40-33(45)24-13-8-9-14-24)36(47)44-23-26(21-30(44)34(46)42-38)50-35-32(31-19-12-20-52-31)39-27-16-10-11-17-28(27)41-35/h6,10-12,15-17,19-20,24-26,29-30H,3-5,7-9,13-14,18,21-23H2,1-2H3,(H,40,45)(H,42,46)(H,43,48,49)/b15-6-/t25?,26-,29+,30+,38-/m1/s1. The summed E-state index contributed by atoms with van der Waals surface area (Å²) in [6.45, 7) is 3.03. The van der Waals surface area contributed by atoms with Crippen molar-refractivity contribution in [3.63, 3.8) is 0 Å². The molecule has 3 fully saturated rings. The van der Waals surface area contributed by atoms with E-state index < -0.39 is 42.8 Å². The largest absolute Gasteiger partial charge is 0.471 e. The van der Waals surface area contributed by atoms with Crippen LogP contribution < -0.4 is 20.5 Å². The molecule has 0 bridgehead atoms. The number of aromatic nitrogens is 2. The van der Waals surface area contributed by atoms with Crippen molar-refractivity contribution in [1.29, 1.82) is 0 Å². The predicted octanol–water partition coefficient (Wildman–Crippen LogP) is 5.43. The number of carbonyl (C=O) groups excluding carboxylic acids is 4. The quantitative estimate of drug-likeness (QED) is 0.213. The van der Waals surface area contributed by atoms with Crippen molar-refractivity contribution >= 4 is 53.3 Å². The second kappa shape index (κ2) is 15.1. The zero-order valence-corrected chi connectivity index (χ0v) is 31.4. The minimum atomic E-state index is -2.97. The number of carbonyl (C=O) groups is 4. The summed E-state index contributed by atoms with van der Waals surface area (Å²) in [5.74, 6) is -1.54. The van der Waals surface area contributed by atoms with E-state index in [9.17, 15) is 23.7 Å². The Hall–Kier alpha value is -4.09. The van der Waals surface area contributed by atoms with Crippen molar-refractivity contribution in [2.75, 3.05) is 19.9 Å². The summed E-state index contributed by atoms with van der Waals surface area (Å²) in [7, 11) is -2.97. The maximum atomic E-state index is 14.6. The summed E-state index contributed by atoms with van der Waals surface area (Å²) >= 11 is 1.51. The molecule has 4 amide bonds. The van der Waals surface area contributed by atoms with Gasteiger partial charge < -0.3 is 29.9 Å². The zero-order chi connectivity index (χ0) is 36.5. The number of hydrogen-bond donors (Lipinski definition) is 3. The lowest BCUT2D eigenvalue weighted by Gasteiger charge is -2.30. The van der Waals surface area contributed by atoms with E-state index in [1.54, 1.807) is 0 Å². The van der Waals surface area contributed by atoms with Crippen LogP contribution in [0.5, 0.6) is 5.88 Å². The number of hydrogen-bond acceptors (Lipinski definition) is 9. The van der Waals surface area contributed by atoms with Gasteiger partial charge in [0.05, 0.1) is 22.5 Å². The van der Waals surface area contributed by atoms with Crippen LogP contribution in [0.2, 0.25) is 0 Å². The first kappa shape index (κ1) is 36.3. The van der Waals surface area contributed by atoms with Crippen molar-refractivity contribution < 1.29 is 28.5 Å². The number of allylic oxidation sites excluding steroid dienone is 1. The maximum Gasteiger partial charge on any atom is 0.251 e. The van der Waals surface area contributed by atoms with Gasteiger partial charge in [0.25, 0.3) is 5.91 Å². The van der Waals surface area contributed by atoms with Gasteiger partial charge in [0, 0.05) is 31.6 Å². The molecule has 12 nitrogen and oxygen atoms in total. The molecule has 52 heavy (non-hydrogen) atoms. The Labute approximate surface area is 308 Å². The van der Waals surface area contributed by atoms with Crippen LogP contribution in [0.3, 0.4) is 0 Å². The number of thiophene rings is 1. The van der Waals surface area contributed by atoms with Gasteiger partial charge in [-0.2, -0.15) is 0 Å². The average molecular weight is 747 g/mol. The molecule has 14 heteroatoms. The van der Waals surface area contributed by atoms with Crippen molar-refractivity contribution in [1.82, 2.24) is 30.6 Å². The molecule has 7 rings (SSSR count). The average Bonchev–Trinajstić information content (AvgIpc) is 3.63. The minimum absolute atomic E-state index is 0.0761.